The third kappa shape index (κ3) is 3.32. The first-order valence-electron chi connectivity index (χ1n) is 7.64. The van der Waals surface area contributed by atoms with E-state index >= 15 is 0 Å². The van der Waals surface area contributed by atoms with Crippen molar-refractivity contribution in [2.24, 2.45) is 0 Å². The van der Waals surface area contributed by atoms with Crippen LogP contribution in [0.4, 0.5) is 5.95 Å². The van der Waals surface area contributed by atoms with E-state index < -0.39 is 0 Å². The first-order chi connectivity index (χ1) is 11.7. The van der Waals surface area contributed by atoms with Gasteiger partial charge in [0, 0.05) is 12.6 Å². The standard InChI is InChI=1S/C18H19N3O3/c1-23-15-8-6-13(11-16(15)24-2)7-9-17(22)20-18-19-12-14-5-3-4-10-21(14)18/h3-6,8,10-12H,7,9H2,1-2H3,(H,19,20,22). The SMILES string of the molecule is COc1ccc(CCC(=O)Nc2ncc3ccccn23)cc1OC. The molecule has 0 aliphatic heterocycles. The number of anilines is 1. The number of nitrogens with one attached hydrogen (secondary N) is 1. The van der Waals surface area contributed by atoms with E-state index in [-0.39, 0.29) is 5.91 Å². The van der Waals surface area contributed by atoms with E-state index in [9.17, 15) is 4.79 Å². The number of ether oxygens (including phenoxy) is 2. The third-order valence-corrected chi connectivity index (χ3v) is 3.78. The number of carbonyl (C=O) groups is 1. The van der Waals surface area contributed by atoms with Crippen molar-refractivity contribution >= 4 is 17.4 Å². The lowest BCUT2D eigenvalue weighted by Crippen LogP contribution is -2.14. The second-order valence-electron chi connectivity index (χ2n) is 5.31. The molecule has 1 N–H and O–H groups in total. The minimum Gasteiger partial charge on any atom is -0.493 e. The number of nitrogens with zero attached hydrogens (tertiary/aromatic N) is 2. The molecule has 24 heavy (non-hydrogen) atoms. The van der Waals surface area contributed by atoms with Gasteiger partial charge >= 0.3 is 0 Å². The number of pyridine rings is 1. The third-order valence-electron chi connectivity index (χ3n) is 3.78. The molecule has 0 atom stereocenters. The maximum Gasteiger partial charge on any atom is 0.227 e. The molecule has 2 heterocycles. The van der Waals surface area contributed by atoms with Crippen LogP contribution in [0, 0.1) is 0 Å². The number of hydrogen-bond acceptors (Lipinski definition) is 4. The molecule has 0 aliphatic rings. The Balaban J connectivity index is 1.63. The van der Waals surface area contributed by atoms with Crippen molar-refractivity contribution in [3.05, 3.63) is 54.4 Å². The van der Waals surface area contributed by atoms with E-state index in [0.29, 0.717) is 30.3 Å². The molecule has 0 spiro atoms. The molecule has 0 radical (unpaired) electrons. The minimum atomic E-state index is -0.0823. The molecule has 6 heteroatoms. The average molecular weight is 325 g/mol. The van der Waals surface area contributed by atoms with Crippen molar-refractivity contribution < 1.29 is 14.3 Å². The largest absolute Gasteiger partial charge is 0.493 e. The summed E-state index contributed by atoms with van der Waals surface area (Å²) in [6, 6.07) is 11.4. The number of benzene rings is 1. The molecule has 124 valence electrons. The van der Waals surface area contributed by atoms with Crippen LogP contribution in [-0.2, 0) is 11.2 Å². The van der Waals surface area contributed by atoms with Crippen molar-refractivity contribution in [2.45, 2.75) is 12.8 Å². The molecule has 0 saturated heterocycles. The molecule has 0 aliphatic carbocycles. The van der Waals surface area contributed by atoms with Crippen LogP contribution in [0.5, 0.6) is 11.5 Å². The Morgan fingerprint density at radius 3 is 2.79 bits per heavy atom. The summed E-state index contributed by atoms with van der Waals surface area (Å²) in [6.45, 7) is 0. The Kier molecular flexibility index (Phi) is 4.65. The summed E-state index contributed by atoms with van der Waals surface area (Å²) in [6.07, 6.45) is 4.56. The second kappa shape index (κ2) is 7.04. The highest BCUT2D eigenvalue weighted by atomic mass is 16.5. The quantitative estimate of drug-likeness (QED) is 0.757. The van der Waals surface area contributed by atoms with E-state index in [2.05, 4.69) is 10.3 Å². The molecule has 3 rings (SSSR count). The molecule has 0 fully saturated rings. The molecule has 6 nitrogen and oxygen atoms in total. The van der Waals surface area contributed by atoms with Gasteiger partial charge in [0.25, 0.3) is 0 Å². The van der Waals surface area contributed by atoms with E-state index in [4.69, 9.17) is 9.47 Å². The van der Waals surface area contributed by atoms with Crippen LogP contribution < -0.4 is 14.8 Å². The van der Waals surface area contributed by atoms with Gasteiger partial charge in [-0.25, -0.2) is 4.98 Å². The lowest BCUT2D eigenvalue weighted by atomic mass is 10.1. The summed E-state index contributed by atoms with van der Waals surface area (Å²) in [7, 11) is 3.19. The Morgan fingerprint density at radius 2 is 2.00 bits per heavy atom. The predicted molar refractivity (Wildman–Crippen MR) is 91.7 cm³/mol. The normalized spacial score (nSPS) is 10.6. The molecule has 0 unspecified atom stereocenters. The van der Waals surface area contributed by atoms with Crippen LogP contribution in [-0.4, -0.2) is 29.5 Å². The van der Waals surface area contributed by atoms with Crippen molar-refractivity contribution in [1.82, 2.24) is 9.38 Å². The van der Waals surface area contributed by atoms with Crippen LogP contribution in [0.25, 0.3) is 5.52 Å². The fraction of sp³-hybridized carbons (Fsp3) is 0.222. The fourth-order valence-electron chi connectivity index (χ4n) is 2.52. The summed E-state index contributed by atoms with van der Waals surface area (Å²) in [5.74, 6) is 1.79. The smallest absolute Gasteiger partial charge is 0.227 e. The predicted octanol–water partition coefficient (Wildman–Crippen LogP) is 2.92. The van der Waals surface area contributed by atoms with Crippen molar-refractivity contribution in [2.75, 3.05) is 19.5 Å². The number of aryl methyl sites for hydroxylation is 1. The van der Waals surface area contributed by atoms with Crippen LogP contribution in [0.1, 0.15) is 12.0 Å². The molecule has 3 aromatic rings. The Labute approximate surface area is 140 Å². The Hall–Kier alpha value is -3.02. The molecular weight excluding hydrogens is 306 g/mol. The molecule has 1 aromatic carbocycles. The number of rotatable bonds is 6. The summed E-state index contributed by atoms with van der Waals surface area (Å²) >= 11 is 0. The maximum absolute atomic E-state index is 12.2. The lowest BCUT2D eigenvalue weighted by Gasteiger charge is -2.09. The van der Waals surface area contributed by atoms with Gasteiger partial charge in [-0.15, -0.1) is 0 Å². The monoisotopic (exact) mass is 325 g/mol. The maximum atomic E-state index is 12.2. The highest BCUT2D eigenvalue weighted by Crippen LogP contribution is 2.28. The molecule has 0 bridgehead atoms. The van der Waals surface area contributed by atoms with Crippen LogP contribution in [0.3, 0.4) is 0 Å². The van der Waals surface area contributed by atoms with E-state index in [1.165, 1.54) is 0 Å². The highest BCUT2D eigenvalue weighted by Gasteiger charge is 2.09. The van der Waals surface area contributed by atoms with Gasteiger partial charge < -0.3 is 9.47 Å². The van der Waals surface area contributed by atoms with Gasteiger partial charge in [0.05, 0.1) is 25.9 Å². The van der Waals surface area contributed by atoms with Crippen molar-refractivity contribution in [3.63, 3.8) is 0 Å². The van der Waals surface area contributed by atoms with Crippen molar-refractivity contribution in [1.29, 1.82) is 0 Å². The highest BCUT2D eigenvalue weighted by molar-refractivity contribution is 5.89. The van der Waals surface area contributed by atoms with Gasteiger partial charge in [0.1, 0.15) is 0 Å². The fourth-order valence-corrected chi connectivity index (χ4v) is 2.52. The van der Waals surface area contributed by atoms with Gasteiger partial charge in [-0.05, 0) is 36.2 Å². The number of fused-ring (bicyclic) bond motifs is 1. The summed E-state index contributed by atoms with van der Waals surface area (Å²) in [5.41, 5.74) is 1.95. The number of hydrogen-bond donors (Lipinski definition) is 1. The van der Waals surface area contributed by atoms with Crippen LogP contribution in [0.2, 0.25) is 0 Å². The summed E-state index contributed by atoms with van der Waals surface area (Å²) < 4.78 is 12.3. The van der Waals surface area contributed by atoms with Crippen molar-refractivity contribution in [3.8, 4) is 11.5 Å². The lowest BCUT2D eigenvalue weighted by molar-refractivity contribution is -0.116. The van der Waals surface area contributed by atoms with Gasteiger partial charge in [-0.3, -0.25) is 14.5 Å². The van der Waals surface area contributed by atoms with Gasteiger partial charge in [-0.1, -0.05) is 12.1 Å². The molecule has 1 amide bonds. The topological polar surface area (TPSA) is 64.9 Å². The molecule has 2 aromatic heterocycles. The van der Waals surface area contributed by atoms with Crippen LogP contribution >= 0.6 is 0 Å². The average Bonchev–Trinajstić information content (AvgIpc) is 3.02. The summed E-state index contributed by atoms with van der Waals surface area (Å²) in [5, 5.41) is 2.84. The number of methoxy groups -OCH3 is 2. The van der Waals surface area contributed by atoms with E-state index in [1.54, 1.807) is 20.4 Å². The van der Waals surface area contributed by atoms with Gasteiger partial charge in [0.2, 0.25) is 11.9 Å². The summed E-state index contributed by atoms with van der Waals surface area (Å²) in [4.78, 5) is 16.4. The van der Waals surface area contributed by atoms with Crippen LogP contribution in [0.15, 0.2) is 48.8 Å². The first kappa shape index (κ1) is 15.9. The van der Waals surface area contributed by atoms with E-state index in [1.807, 2.05) is 47.0 Å². The zero-order chi connectivity index (χ0) is 16.9. The Morgan fingerprint density at radius 1 is 1.17 bits per heavy atom. The van der Waals surface area contributed by atoms with E-state index in [0.717, 1.165) is 11.1 Å². The zero-order valence-electron chi connectivity index (χ0n) is 13.7. The minimum absolute atomic E-state index is 0.0823. The number of amides is 1. The zero-order valence-corrected chi connectivity index (χ0v) is 13.7. The first-order valence-corrected chi connectivity index (χ1v) is 7.64. The molecule has 0 saturated carbocycles. The number of aromatic nitrogens is 2. The van der Waals surface area contributed by atoms with Gasteiger partial charge in [0.15, 0.2) is 11.5 Å². The second-order valence-corrected chi connectivity index (χ2v) is 5.31. The number of imidazole rings is 1. The number of carbonyl (C=O) groups excluding carboxylic acids is 1. The Bertz CT molecular complexity index is 858. The molecular formula is C18H19N3O3. The van der Waals surface area contributed by atoms with Gasteiger partial charge in [-0.2, -0.15) is 0 Å².